The van der Waals surface area contributed by atoms with Crippen molar-refractivity contribution in [3.8, 4) is 5.75 Å². The van der Waals surface area contributed by atoms with Crippen molar-refractivity contribution >= 4 is 15.9 Å². The Bertz CT molecular complexity index is 484. The Labute approximate surface area is 128 Å². The van der Waals surface area contributed by atoms with Gasteiger partial charge in [-0.15, -0.1) is 0 Å². The molecule has 0 spiro atoms. The standard InChI is InChI=1S/C16H22BrNO2/c17-14-8-12-4-7-20-15(12)13(9-14)10-18-11-16(19)5-2-1-3-6-16/h8-9,18-19H,1-7,10-11H2. The number of benzene rings is 1. The van der Waals surface area contributed by atoms with Gasteiger partial charge in [0.15, 0.2) is 0 Å². The third-order valence-electron chi connectivity index (χ3n) is 4.38. The summed E-state index contributed by atoms with van der Waals surface area (Å²) in [4.78, 5) is 0. The van der Waals surface area contributed by atoms with Gasteiger partial charge < -0.3 is 15.2 Å². The van der Waals surface area contributed by atoms with Crippen molar-refractivity contribution in [2.75, 3.05) is 13.2 Å². The Kier molecular flexibility index (Phi) is 4.34. The van der Waals surface area contributed by atoms with Crippen molar-refractivity contribution in [1.29, 1.82) is 0 Å². The maximum Gasteiger partial charge on any atom is 0.127 e. The van der Waals surface area contributed by atoms with E-state index in [1.54, 1.807) is 0 Å². The van der Waals surface area contributed by atoms with Gasteiger partial charge in [-0.1, -0.05) is 35.2 Å². The Morgan fingerprint density at radius 2 is 2.05 bits per heavy atom. The van der Waals surface area contributed by atoms with Crippen molar-refractivity contribution in [3.63, 3.8) is 0 Å². The molecule has 1 heterocycles. The second-order valence-corrected chi connectivity index (χ2v) is 6.96. The van der Waals surface area contributed by atoms with Crippen LogP contribution >= 0.6 is 15.9 Å². The highest BCUT2D eigenvalue weighted by Gasteiger charge is 2.28. The molecule has 1 aliphatic heterocycles. The van der Waals surface area contributed by atoms with Crippen LogP contribution in [0.15, 0.2) is 16.6 Å². The van der Waals surface area contributed by atoms with Gasteiger partial charge in [0.2, 0.25) is 0 Å². The lowest BCUT2D eigenvalue weighted by molar-refractivity contribution is 0.00464. The zero-order valence-corrected chi connectivity index (χ0v) is 13.3. The predicted octanol–water partition coefficient (Wildman–Crippen LogP) is 3.17. The molecule has 0 saturated heterocycles. The van der Waals surface area contributed by atoms with E-state index in [4.69, 9.17) is 4.74 Å². The molecule has 1 aromatic carbocycles. The molecule has 3 nitrogen and oxygen atoms in total. The molecule has 4 heteroatoms. The number of hydrogen-bond donors (Lipinski definition) is 2. The zero-order chi connectivity index (χ0) is 14.0. The minimum Gasteiger partial charge on any atom is -0.493 e. The van der Waals surface area contributed by atoms with Crippen LogP contribution in [0, 0.1) is 0 Å². The molecule has 0 radical (unpaired) electrons. The largest absolute Gasteiger partial charge is 0.493 e. The number of halogens is 1. The van der Waals surface area contributed by atoms with E-state index in [0.717, 1.165) is 55.5 Å². The van der Waals surface area contributed by atoms with Crippen LogP contribution in [0.2, 0.25) is 0 Å². The highest BCUT2D eigenvalue weighted by Crippen LogP contribution is 2.33. The molecule has 1 fully saturated rings. The molecule has 0 amide bonds. The number of fused-ring (bicyclic) bond motifs is 1. The maximum atomic E-state index is 10.5. The van der Waals surface area contributed by atoms with E-state index in [2.05, 4.69) is 33.4 Å². The van der Waals surface area contributed by atoms with Crippen LogP contribution in [0.1, 0.15) is 43.2 Å². The summed E-state index contributed by atoms with van der Waals surface area (Å²) in [5.41, 5.74) is 1.97. The highest BCUT2D eigenvalue weighted by atomic mass is 79.9. The fourth-order valence-corrected chi connectivity index (χ4v) is 3.85. The lowest BCUT2D eigenvalue weighted by Crippen LogP contribution is -2.41. The smallest absolute Gasteiger partial charge is 0.127 e. The lowest BCUT2D eigenvalue weighted by atomic mass is 9.85. The first-order valence-corrected chi connectivity index (χ1v) is 8.33. The minimum atomic E-state index is -0.506. The molecular weight excluding hydrogens is 318 g/mol. The van der Waals surface area contributed by atoms with Crippen LogP contribution in [0.25, 0.3) is 0 Å². The van der Waals surface area contributed by atoms with Gasteiger partial charge in [0, 0.05) is 29.5 Å². The number of hydrogen-bond acceptors (Lipinski definition) is 3. The van der Waals surface area contributed by atoms with Crippen LogP contribution < -0.4 is 10.1 Å². The summed E-state index contributed by atoms with van der Waals surface area (Å²) >= 11 is 3.56. The Morgan fingerprint density at radius 3 is 2.85 bits per heavy atom. The predicted molar refractivity (Wildman–Crippen MR) is 83.1 cm³/mol. The van der Waals surface area contributed by atoms with Crippen LogP contribution in [0.3, 0.4) is 0 Å². The summed E-state index contributed by atoms with van der Waals surface area (Å²) in [7, 11) is 0. The number of nitrogens with one attached hydrogen (secondary N) is 1. The van der Waals surface area contributed by atoms with E-state index in [0.29, 0.717) is 6.54 Å². The summed E-state index contributed by atoms with van der Waals surface area (Å²) in [5, 5.41) is 13.9. The van der Waals surface area contributed by atoms with Gasteiger partial charge in [-0.2, -0.15) is 0 Å². The van der Waals surface area contributed by atoms with Crippen molar-refractivity contribution in [1.82, 2.24) is 5.32 Å². The van der Waals surface area contributed by atoms with Crippen molar-refractivity contribution in [2.45, 2.75) is 50.7 Å². The van der Waals surface area contributed by atoms with Gasteiger partial charge in [-0.3, -0.25) is 0 Å². The third kappa shape index (κ3) is 3.18. The molecular formula is C16H22BrNO2. The van der Waals surface area contributed by atoms with Crippen molar-refractivity contribution < 1.29 is 9.84 Å². The van der Waals surface area contributed by atoms with Crippen molar-refractivity contribution in [2.24, 2.45) is 0 Å². The van der Waals surface area contributed by atoms with Gasteiger partial charge in [-0.25, -0.2) is 0 Å². The fraction of sp³-hybridized carbons (Fsp3) is 0.625. The second-order valence-electron chi connectivity index (χ2n) is 6.04. The van der Waals surface area contributed by atoms with Crippen LogP contribution in [0.5, 0.6) is 5.75 Å². The Morgan fingerprint density at radius 1 is 1.25 bits per heavy atom. The Balaban J connectivity index is 1.61. The van der Waals surface area contributed by atoms with Crippen LogP contribution in [-0.4, -0.2) is 23.9 Å². The number of aliphatic hydroxyl groups is 1. The topological polar surface area (TPSA) is 41.5 Å². The third-order valence-corrected chi connectivity index (χ3v) is 4.84. The maximum absolute atomic E-state index is 10.5. The molecule has 0 unspecified atom stereocenters. The molecule has 2 aliphatic rings. The SMILES string of the molecule is OC1(CNCc2cc(Br)cc3c2OCC3)CCCCC1. The molecule has 0 atom stereocenters. The van der Waals surface area contributed by atoms with E-state index in [-0.39, 0.29) is 0 Å². The average Bonchev–Trinajstić information content (AvgIpc) is 2.87. The molecule has 1 aliphatic carbocycles. The van der Waals surface area contributed by atoms with Gasteiger partial charge >= 0.3 is 0 Å². The van der Waals surface area contributed by atoms with Gasteiger partial charge in [0.05, 0.1) is 12.2 Å². The number of rotatable bonds is 4. The van der Waals surface area contributed by atoms with E-state index >= 15 is 0 Å². The van der Waals surface area contributed by atoms with Gasteiger partial charge in [0.1, 0.15) is 5.75 Å². The first-order valence-electron chi connectivity index (χ1n) is 7.53. The number of ether oxygens (including phenoxy) is 1. The quantitative estimate of drug-likeness (QED) is 0.885. The molecule has 0 bridgehead atoms. The summed E-state index contributed by atoms with van der Waals surface area (Å²) < 4.78 is 6.84. The molecule has 0 aromatic heterocycles. The van der Waals surface area contributed by atoms with Gasteiger partial charge in [0.25, 0.3) is 0 Å². The molecule has 3 rings (SSSR count). The van der Waals surface area contributed by atoms with E-state index < -0.39 is 5.60 Å². The second kappa shape index (κ2) is 6.04. The average molecular weight is 340 g/mol. The zero-order valence-electron chi connectivity index (χ0n) is 11.8. The fourth-order valence-electron chi connectivity index (χ4n) is 3.29. The lowest BCUT2D eigenvalue weighted by Gasteiger charge is -2.32. The van der Waals surface area contributed by atoms with E-state index in [1.165, 1.54) is 17.5 Å². The van der Waals surface area contributed by atoms with Gasteiger partial charge in [-0.05, 0) is 30.5 Å². The summed E-state index contributed by atoms with van der Waals surface area (Å²) in [6.07, 6.45) is 6.39. The van der Waals surface area contributed by atoms with E-state index in [1.807, 2.05) is 0 Å². The normalized spacial score (nSPS) is 20.5. The minimum absolute atomic E-state index is 0.506. The van der Waals surface area contributed by atoms with Crippen LogP contribution in [-0.2, 0) is 13.0 Å². The molecule has 1 aromatic rings. The monoisotopic (exact) mass is 339 g/mol. The first-order chi connectivity index (χ1) is 9.66. The van der Waals surface area contributed by atoms with E-state index in [9.17, 15) is 5.11 Å². The summed E-state index contributed by atoms with van der Waals surface area (Å²) in [6.45, 7) is 2.21. The molecule has 20 heavy (non-hydrogen) atoms. The Hall–Kier alpha value is -0.580. The van der Waals surface area contributed by atoms with Crippen LogP contribution in [0.4, 0.5) is 0 Å². The highest BCUT2D eigenvalue weighted by molar-refractivity contribution is 9.10. The summed E-state index contributed by atoms with van der Waals surface area (Å²) in [6, 6.07) is 4.25. The first kappa shape index (κ1) is 14.4. The summed E-state index contributed by atoms with van der Waals surface area (Å²) in [5.74, 6) is 1.04. The molecule has 1 saturated carbocycles. The molecule has 2 N–H and O–H groups in total. The van der Waals surface area contributed by atoms with Crippen molar-refractivity contribution in [3.05, 3.63) is 27.7 Å². The molecule has 110 valence electrons.